The Labute approximate surface area is 132 Å². The largest absolute Gasteiger partial charge is 0.451 e. The summed E-state index contributed by atoms with van der Waals surface area (Å²) in [6, 6.07) is 6.79. The third kappa shape index (κ3) is 3.39. The van der Waals surface area contributed by atoms with Crippen molar-refractivity contribution >= 4 is 22.6 Å². The van der Waals surface area contributed by atoms with Crippen LogP contribution in [0.2, 0.25) is 0 Å². The minimum Gasteiger partial charge on any atom is -0.451 e. The number of amides is 1. The molecule has 1 aliphatic carbocycles. The maximum absolute atomic E-state index is 12.1. The first kappa shape index (κ1) is 15.2. The SMILES string of the molecule is O=C(COC(=O)c1n[nH]c(=O)c2ccccc12)NC1CCCC1. The summed E-state index contributed by atoms with van der Waals surface area (Å²) < 4.78 is 5.01. The number of aromatic amines is 1. The van der Waals surface area contributed by atoms with E-state index < -0.39 is 5.97 Å². The molecule has 23 heavy (non-hydrogen) atoms. The molecule has 1 aromatic carbocycles. The molecule has 120 valence electrons. The van der Waals surface area contributed by atoms with Gasteiger partial charge in [-0.25, -0.2) is 9.89 Å². The Bertz CT molecular complexity index is 793. The molecule has 0 aliphatic heterocycles. The predicted octanol–water partition coefficient (Wildman–Crippen LogP) is 1.14. The summed E-state index contributed by atoms with van der Waals surface area (Å²) in [7, 11) is 0. The molecule has 0 radical (unpaired) electrons. The van der Waals surface area contributed by atoms with Crippen LogP contribution in [0.15, 0.2) is 29.1 Å². The third-order valence-corrected chi connectivity index (χ3v) is 3.94. The van der Waals surface area contributed by atoms with Crippen molar-refractivity contribution in [1.29, 1.82) is 0 Å². The lowest BCUT2D eigenvalue weighted by Crippen LogP contribution is -2.36. The molecule has 1 fully saturated rings. The zero-order valence-electron chi connectivity index (χ0n) is 12.5. The van der Waals surface area contributed by atoms with E-state index in [0.717, 1.165) is 25.7 Å². The van der Waals surface area contributed by atoms with Crippen molar-refractivity contribution in [1.82, 2.24) is 15.5 Å². The highest BCUT2D eigenvalue weighted by Crippen LogP contribution is 2.17. The maximum Gasteiger partial charge on any atom is 0.359 e. The summed E-state index contributed by atoms with van der Waals surface area (Å²) >= 11 is 0. The highest BCUT2D eigenvalue weighted by molar-refractivity contribution is 6.02. The molecule has 7 heteroatoms. The molecule has 0 bridgehead atoms. The summed E-state index contributed by atoms with van der Waals surface area (Å²) in [5.41, 5.74) is -0.384. The van der Waals surface area contributed by atoms with Crippen LogP contribution in [0.25, 0.3) is 10.8 Å². The van der Waals surface area contributed by atoms with Crippen LogP contribution in [0.4, 0.5) is 0 Å². The van der Waals surface area contributed by atoms with Gasteiger partial charge in [-0.15, -0.1) is 0 Å². The lowest BCUT2D eigenvalue weighted by Gasteiger charge is -2.12. The van der Waals surface area contributed by atoms with Gasteiger partial charge in [0.05, 0.1) is 5.39 Å². The van der Waals surface area contributed by atoms with Gasteiger partial charge in [0.25, 0.3) is 11.5 Å². The summed E-state index contributed by atoms with van der Waals surface area (Å²) in [5, 5.41) is 9.60. The number of nitrogens with zero attached hydrogens (tertiary/aromatic N) is 1. The number of nitrogens with one attached hydrogen (secondary N) is 2. The molecular formula is C16H17N3O4. The van der Waals surface area contributed by atoms with Crippen molar-refractivity contribution in [2.75, 3.05) is 6.61 Å². The van der Waals surface area contributed by atoms with Crippen LogP contribution in [0.5, 0.6) is 0 Å². The molecule has 3 rings (SSSR count). The van der Waals surface area contributed by atoms with E-state index in [0.29, 0.717) is 10.8 Å². The molecule has 1 heterocycles. The van der Waals surface area contributed by atoms with Crippen molar-refractivity contribution in [2.45, 2.75) is 31.7 Å². The van der Waals surface area contributed by atoms with E-state index in [1.807, 2.05) is 0 Å². The van der Waals surface area contributed by atoms with Gasteiger partial charge in [0.15, 0.2) is 12.3 Å². The minimum atomic E-state index is -0.737. The fourth-order valence-electron chi connectivity index (χ4n) is 2.81. The number of hydrogen-bond acceptors (Lipinski definition) is 5. The van der Waals surface area contributed by atoms with Crippen LogP contribution in [0.3, 0.4) is 0 Å². The van der Waals surface area contributed by atoms with Crippen LogP contribution >= 0.6 is 0 Å². The van der Waals surface area contributed by atoms with Crippen molar-refractivity contribution in [3.05, 3.63) is 40.3 Å². The number of hydrogen-bond donors (Lipinski definition) is 2. The van der Waals surface area contributed by atoms with Crippen LogP contribution in [0.1, 0.15) is 36.2 Å². The van der Waals surface area contributed by atoms with Gasteiger partial charge in [-0.3, -0.25) is 9.59 Å². The fourth-order valence-corrected chi connectivity index (χ4v) is 2.81. The van der Waals surface area contributed by atoms with Gasteiger partial charge in [0.2, 0.25) is 0 Å². The Balaban J connectivity index is 1.68. The molecule has 7 nitrogen and oxygen atoms in total. The smallest absolute Gasteiger partial charge is 0.359 e. The molecule has 1 aromatic heterocycles. The van der Waals surface area contributed by atoms with Gasteiger partial charge in [-0.05, 0) is 18.9 Å². The minimum absolute atomic E-state index is 0.00568. The van der Waals surface area contributed by atoms with Crippen molar-refractivity contribution in [2.24, 2.45) is 0 Å². The van der Waals surface area contributed by atoms with E-state index in [9.17, 15) is 14.4 Å². The van der Waals surface area contributed by atoms with Crippen molar-refractivity contribution in [3.63, 3.8) is 0 Å². The second kappa shape index (κ2) is 6.60. The highest BCUT2D eigenvalue weighted by atomic mass is 16.5. The van der Waals surface area contributed by atoms with Crippen molar-refractivity contribution < 1.29 is 14.3 Å². The number of fused-ring (bicyclic) bond motifs is 1. The predicted molar refractivity (Wildman–Crippen MR) is 83.0 cm³/mol. The first-order chi connectivity index (χ1) is 11.1. The van der Waals surface area contributed by atoms with E-state index in [4.69, 9.17) is 4.74 Å². The third-order valence-electron chi connectivity index (χ3n) is 3.94. The topological polar surface area (TPSA) is 101 Å². The number of aromatic nitrogens is 2. The standard InChI is InChI=1S/C16H17N3O4/c20-13(17-10-5-1-2-6-10)9-23-16(22)14-11-7-3-4-8-12(11)15(21)19-18-14/h3-4,7-8,10H,1-2,5-6,9H2,(H,17,20)(H,19,21). The van der Waals surface area contributed by atoms with E-state index in [-0.39, 0.29) is 29.8 Å². The highest BCUT2D eigenvalue weighted by Gasteiger charge is 2.20. The monoisotopic (exact) mass is 315 g/mol. The summed E-state index contributed by atoms with van der Waals surface area (Å²) in [6.07, 6.45) is 4.15. The number of esters is 1. The molecule has 1 aliphatic rings. The number of ether oxygens (including phenoxy) is 1. The first-order valence-corrected chi connectivity index (χ1v) is 7.59. The number of H-pyrrole nitrogens is 1. The summed E-state index contributed by atoms with van der Waals surface area (Å²) in [4.78, 5) is 35.6. The van der Waals surface area contributed by atoms with Crippen molar-refractivity contribution in [3.8, 4) is 0 Å². The Morgan fingerprint density at radius 3 is 2.65 bits per heavy atom. The number of carbonyl (C=O) groups is 2. The zero-order valence-corrected chi connectivity index (χ0v) is 12.5. The van der Waals surface area contributed by atoms with Gasteiger partial charge in [0, 0.05) is 11.4 Å². The van der Waals surface area contributed by atoms with Crippen LogP contribution in [0, 0.1) is 0 Å². The lowest BCUT2D eigenvalue weighted by atomic mass is 10.1. The van der Waals surface area contributed by atoms with Crippen LogP contribution < -0.4 is 10.9 Å². The van der Waals surface area contributed by atoms with Crippen LogP contribution in [-0.2, 0) is 9.53 Å². The van der Waals surface area contributed by atoms with E-state index >= 15 is 0 Å². The summed E-state index contributed by atoms with van der Waals surface area (Å²) in [5.74, 6) is -1.06. The molecular weight excluding hydrogens is 298 g/mol. The summed E-state index contributed by atoms with van der Waals surface area (Å²) in [6.45, 7) is -0.357. The lowest BCUT2D eigenvalue weighted by molar-refractivity contribution is -0.124. The normalized spacial score (nSPS) is 14.8. The molecule has 2 N–H and O–H groups in total. The Morgan fingerprint density at radius 2 is 1.91 bits per heavy atom. The fraction of sp³-hybridized carbons (Fsp3) is 0.375. The average Bonchev–Trinajstić information content (AvgIpc) is 3.06. The number of benzene rings is 1. The Kier molecular flexibility index (Phi) is 4.36. The molecule has 1 saturated carbocycles. The van der Waals surface area contributed by atoms with Gasteiger partial charge in [-0.2, -0.15) is 5.10 Å². The Hall–Kier alpha value is -2.70. The van der Waals surface area contributed by atoms with Gasteiger partial charge < -0.3 is 10.1 Å². The van der Waals surface area contributed by atoms with E-state index in [1.54, 1.807) is 24.3 Å². The molecule has 2 aromatic rings. The average molecular weight is 315 g/mol. The van der Waals surface area contributed by atoms with E-state index in [2.05, 4.69) is 15.5 Å². The van der Waals surface area contributed by atoms with Gasteiger partial charge in [0.1, 0.15) is 0 Å². The second-order valence-corrected chi connectivity index (χ2v) is 5.57. The van der Waals surface area contributed by atoms with Crippen LogP contribution in [-0.4, -0.2) is 34.7 Å². The molecule has 0 unspecified atom stereocenters. The zero-order chi connectivity index (χ0) is 16.2. The van der Waals surface area contributed by atoms with Gasteiger partial charge in [-0.1, -0.05) is 31.0 Å². The molecule has 0 atom stereocenters. The van der Waals surface area contributed by atoms with E-state index in [1.165, 1.54) is 0 Å². The first-order valence-electron chi connectivity index (χ1n) is 7.59. The number of rotatable bonds is 4. The molecule has 0 saturated heterocycles. The molecule has 1 amide bonds. The Morgan fingerprint density at radius 1 is 1.22 bits per heavy atom. The second-order valence-electron chi connectivity index (χ2n) is 5.57. The maximum atomic E-state index is 12.1. The quantitative estimate of drug-likeness (QED) is 0.824. The molecule has 0 spiro atoms. The number of carbonyl (C=O) groups excluding carboxylic acids is 2. The van der Waals surface area contributed by atoms with Gasteiger partial charge >= 0.3 is 5.97 Å².